The minimum absolute atomic E-state index is 0.0313. The summed E-state index contributed by atoms with van der Waals surface area (Å²) in [5.74, 6) is -4.15. The lowest BCUT2D eigenvalue weighted by Crippen LogP contribution is -2.59. The van der Waals surface area contributed by atoms with Crippen LogP contribution in [0.2, 0.25) is 5.02 Å². The summed E-state index contributed by atoms with van der Waals surface area (Å²) in [5, 5.41) is 13.6. The number of methoxy groups -OCH3 is 1. The van der Waals surface area contributed by atoms with Gasteiger partial charge in [0.25, 0.3) is 5.91 Å². The monoisotopic (exact) mass is 785 g/mol. The summed E-state index contributed by atoms with van der Waals surface area (Å²) < 4.78 is 18.4. The molecule has 3 aliphatic heterocycles. The number of aliphatic hydroxyl groups is 1. The van der Waals surface area contributed by atoms with Gasteiger partial charge in [0.15, 0.2) is 0 Å². The molecule has 1 spiro atoms. The molecular weight excluding hydrogens is 742 g/mol. The molecule has 51 heavy (non-hydrogen) atoms. The number of allylic oxidation sites excluding steroid dienone is 1. The highest BCUT2D eigenvalue weighted by atomic mass is 79.9. The molecule has 3 fully saturated rings. The summed E-state index contributed by atoms with van der Waals surface area (Å²) in [6.45, 7) is 10.7. The Balaban J connectivity index is 1.55. The van der Waals surface area contributed by atoms with E-state index < -0.39 is 77.0 Å². The first-order valence-electron chi connectivity index (χ1n) is 17.0. The van der Waals surface area contributed by atoms with E-state index in [1.807, 2.05) is 19.1 Å². The van der Waals surface area contributed by atoms with E-state index in [1.54, 1.807) is 55.5 Å². The van der Waals surface area contributed by atoms with E-state index in [9.17, 15) is 24.3 Å². The Hall–Kier alpha value is -3.55. The largest absolute Gasteiger partial charge is 0.455 e. The summed E-state index contributed by atoms with van der Waals surface area (Å²) in [7, 11) is 1.49. The number of nitrogens with zero attached hydrogens (tertiary/aromatic N) is 2. The average molecular weight is 787 g/mol. The van der Waals surface area contributed by atoms with Crippen LogP contribution in [0.5, 0.6) is 0 Å². The molecule has 2 aromatic carbocycles. The molecule has 11 nitrogen and oxygen atoms in total. The summed E-state index contributed by atoms with van der Waals surface area (Å²) in [6.07, 6.45) is 2.33. The lowest BCUT2D eigenvalue weighted by molar-refractivity contribution is -0.163. The molecule has 13 heteroatoms. The van der Waals surface area contributed by atoms with Crippen LogP contribution in [-0.4, -0.2) is 95.2 Å². The summed E-state index contributed by atoms with van der Waals surface area (Å²) >= 11 is 10.4. The number of carbonyl (C=O) groups excluding carboxylic acids is 4. The molecule has 274 valence electrons. The standard InChI is InChI=1S/C38H45BrClN3O8/c1-6-8-17-28(45)41-27(21-49-5)32(24-14-10-9-11-15-24)50-37(48)29-30-35(46)43(23(4)20-44)34(38(30)19-25(39)33(29)51-38)36(47)42(18-7-2)31-22(3)13-12-16-26(31)40/h6-7,9-16,23,25,27,29-30,32-34,44H,1-2,8,17-21H2,3-5H3,(H,41,45)/t23-,25?,27+,29-,30+,32+,33-,34-,38+/m1/s1. The molecule has 0 radical (unpaired) electrons. The van der Waals surface area contributed by atoms with Gasteiger partial charge in [-0.1, -0.05) is 82.1 Å². The van der Waals surface area contributed by atoms with Crippen LogP contribution in [0.15, 0.2) is 73.8 Å². The lowest BCUT2D eigenvalue weighted by Gasteiger charge is -2.39. The fourth-order valence-corrected chi connectivity index (χ4v) is 9.10. The summed E-state index contributed by atoms with van der Waals surface area (Å²) in [6, 6.07) is 11.5. The van der Waals surface area contributed by atoms with Crippen LogP contribution in [0.25, 0.3) is 0 Å². The van der Waals surface area contributed by atoms with Crippen LogP contribution in [0.3, 0.4) is 0 Å². The first-order chi connectivity index (χ1) is 24.4. The van der Waals surface area contributed by atoms with Crippen molar-refractivity contribution in [3.63, 3.8) is 0 Å². The van der Waals surface area contributed by atoms with Gasteiger partial charge in [0.2, 0.25) is 11.8 Å². The second-order valence-electron chi connectivity index (χ2n) is 13.3. The number of anilines is 1. The van der Waals surface area contributed by atoms with Crippen LogP contribution >= 0.6 is 27.5 Å². The second kappa shape index (κ2) is 16.4. The first kappa shape index (κ1) is 38.7. The molecule has 1 unspecified atom stereocenters. The molecule has 2 aromatic rings. The quantitative estimate of drug-likeness (QED) is 0.143. The third-order valence-corrected chi connectivity index (χ3v) is 11.2. The summed E-state index contributed by atoms with van der Waals surface area (Å²) in [5.41, 5.74) is 0.393. The van der Waals surface area contributed by atoms with E-state index >= 15 is 0 Å². The van der Waals surface area contributed by atoms with Gasteiger partial charge in [-0.15, -0.1) is 13.2 Å². The molecule has 3 aliphatic rings. The molecular formula is C38H45BrClN3O8. The van der Waals surface area contributed by atoms with Gasteiger partial charge in [-0.2, -0.15) is 0 Å². The van der Waals surface area contributed by atoms with E-state index in [2.05, 4.69) is 34.4 Å². The van der Waals surface area contributed by atoms with Gasteiger partial charge in [-0.3, -0.25) is 19.2 Å². The number of likely N-dealkylation sites (tertiary alicyclic amines) is 1. The number of para-hydroxylation sites is 1. The van der Waals surface area contributed by atoms with Crippen LogP contribution in [0, 0.1) is 18.8 Å². The first-order valence-corrected chi connectivity index (χ1v) is 18.3. The number of amides is 3. The predicted octanol–water partition coefficient (Wildman–Crippen LogP) is 4.68. The predicted molar refractivity (Wildman–Crippen MR) is 196 cm³/mol. The highest BCUT2D eigenvalue weighted by Gasteiger charge is 2.77. The molecule has 5 rings (SSSR count). The Morgan fingerprint density at radius 3 is 2.55 bits per heavy atom. The van der Waals surface area contributed by atoms with Crippen molar-refractivity contribution in [2.75, 3.05) is 31.8 Å². The van der Waals surface area contributed by atoms with Crippen LogP contribution in [0.1, 0.15) is 43.4 Å². The minimum Gasteiger partial charge on any atom is -0.455 e. The third-order valence-electron chi connectivity index (χ3n) is 10.0. The van der Waals surface area contributed by atoms with E-state index in [0.717, 1.165) is 5.56 Å². The van der Waals surface area contributed by atoms with Gasteiger partial charge >= 0.3 is 5.97 Å². The van der Waals surface area contributed by atoms with Gasteiger partial charge in [0.1, 0.15) is 17.7 Å². The fraction of sp³-hybridized carbons (Fsp3) is 0.474. The van der Waals surface area contributed by atoms with Crippen LogP contribution < -0.4 is 10.2 Å². The average Bonchev–Trinajstić information content (AvgIpc) is 3.71. The minimum atomic E-state index is -1.43. The third kappa shape index (κ3) is 7.26. The smallest absolute Gasteiger partial charge is 0.313 e. The fourth-order valence-electron chi connectivity index (χ4n) is 7.84. The van der Waals surface area contributed by atoms with Crippen molar-refractivity contribution in [3.05, 3.63) is 90.0 Å². The van der Waals surface area contributed by atoms with E-state index in [1.165, 1.54) is 16.9 Å². The molecule has 3 heterocycles. The molecule has 2 N–H and O–H groups in total. The molecule has 3 amide bonds. The second-order valence-corrected chi connectivity index (χ2v) is 14.9. The van der Waals surface area contributed by atoms with Crippen molar-refractivity contribution in [2.24, 2.45) is 11.8 Å². The van der Waals surface area contributed by atoms with Gasteiger partial charge < -0.3 is 34.4 Å². The number of ether oxygens (including phenoxy) is 3. The molecule has 2 bridgehead atoms. The van der Waals surface area contributed by atoms with Crippen LogP contribution in [0.4, 0.5) is 5.69 Å². The maximum absolute atomic E-state index is 14.9. The highest BCUT2D eigenvalue weighted by Crippen LogP contribution is 2.61. The zero-order chi connectivity index (χ0) is 37.0. The SMILES string of the molecule is C=CCCC(=O)N[C@@H](COC)[C@@H](OC(=O)[C@H]1[C@@H]2O[C@@]3(CC2Br)[C@@H]1C(=O)N([C@H](C)CO)[C@@H]3C(=O)N(CC=C)c1c(C)cccc1Cl)c1ccccc1. The molecule has 3 saturated heterocycles. The molecule has 9 atom stereocenters. The zero-order valence-electron chi connectivity index (χ0n) is 29.0. The normalized spacial score (nSPS) is 26.6. The number of hydrogen-bond acceptors (Lipinski definition) is 8. The number of fused-ring (bicyclic) bond motifs is 1. The van der Waals surface area contributed by atoms with Crippen molar-refractivity contribution < 1.29 is 38.5 Å². The number of alkyl halides is 1. The van der Waals surface area contributed by atoms with E-state index in [0.29, 0.717) is 22.7 Å². The Kier molecular flexibility index (Phi) is 12.4. The number of rotatable bonds is 16. The number of carbonyl (C=O) groups is 4. The number of nitrogens with one attached hydrogen (secondary N) is 1. The topological polar surface area (TPSA) is 135 Å². The Morgan fingerprint density at radius 2 is 1.92 bits per heavy atom. The zero-order valence-corrected chi connectivity index (χ0v) is 31.3. The van der Waals surface area contributed by atoms with E-state index in [4.69, 9.17) is 25.8 Å². The van der Waals surface area contributed by atoms with Crippen molar-refractivity contribution in [3.8, 4) is 0 Å². The summed E-state index contributed by atoms with van der Waals surface area (Å²) in [4.78, 5) is 59.4. The van der Waals surface area contributed by atoms with E-state index in [-0.39, 0.29) is 31.9 Å². The number of aryl methyl sites for hydroxylation is 1. The Bertz CT molecular complexity index is 1620. The molecule has 0 saturated carbocycles. The van der Waals surface area contributed by atoms with Crippen LogP contribution in [-0.2, 0) is 33.4 Å². The van der Waals surface area contributed by atoms with Crippen molar-refractivity contribution in [2.45, 2.75) is 73.9 Å². The number of esters is 1. The molecule has 0 aliphatic carbocycles. The molecule has 0 aromatic heterocycles. The Morgan fingerprint density at radius 1 is 1.20 bits per heavy atom. The van der Waals surface area contributed by atoms with Gasteiger partial charge in [-0.05, 0) is 43.9 Å². The number of aliphatic hydroxyl groups excluding tert-OH is 1. The van der Waals surface area contributed by atoms with Gasteiger partial charge in [-0.25, -0.2) is 0 Å². The highest BCUT2D eigenvalue weighted by molar-refractivity contribution is 9.09. The number of hydrogen-bond donors (Lipinski definition) is 2. The van der Waals surface area contributed by atoms with Crippen molar-refractivity contribution >= 4 is 56.9 Å². The van der Waals surface area contributed by atoms with Crippen molar-refractivity contribution in [1.29, 1.82) is 0 Å². The Labute approximate surface area is 312 Å². The lowest BCUT2D eigenvalue weighted by atomic mass is 9.70. The van der Waals surface area contributed by atoms with Gasteiger partial charge in [0, 0.05) is 24.9 Å². The van der Waals surface area contributed by atoms with Crippen molar-refractivity contribution in [1.82, 2.24) is 10.2 Å². The number of benzene rings is 2. The maximum Gasteiger partial charge on any atom is 0.313 e. The van der Waals surface area contributed by atoms with Gasteiger partial charge in [0.05, 0.1) is 53.9 Å². The number of halogens is 2. The maximum atomic E-state index is 14.9.